The van der Waals surface area contributed by atoms with Gasteiger partial charge in [0.05, 0.1) is 12.7 Å². The van der Waals surface area contributed by atoms with Gasteiger partial charge in [0.25, 0.3) is 0 Å². The zero-order chi connectivity index (χ0) is 17.1. The summed E-state index contributed by atoms with van der Waals surface area (Å²) in [7, 11) is 1.70. The van der Waals surface area contributed by atoms with Crippen molar-refractivity contribution in [1.82, 2.24) is 0 Å². The van der Waals surface area contributed by atoms with E-state index in [1.54, 1.807) is 19.2 Å². The van der Waals surface area contributed by atoms with Crippen LogP contribution in [0.25, 0.3) is 0 Å². The molecule has 0 amide bonds. The molecule has 3 rings (SSSR count). The third-order valence-electron chi connectivity index (χ3n) is 4.58. The Morgan fingerprint density at radius 3 is 2.60 bits per heavy atom. The van der Waals surface area contributed by atoms with Crippen LogP contribution in [0.3, 0.4) is 0 Å². The summed E-state index contributed by atoms with van der Waals surface area (Å²) in [5.74, 6) is 1.33. The maximum atomic E-state index is 14.1. The van der Waals surface area contributed by atoms with Gasteiger partial charge in [-0.15, -0.1) is 0 Å². The monoisotopic (exact) mass is 361 g/mol. The van der Waals surface area contributed by atoms with Gasteiger partial charge in [0.1, 0.15) is 18.1 Å². The lowest BCUT2D eigenvalue weighted by Crippen LogP contribution is -3.00. The van der Waals surface area contributed by atoms with Crippen LogP contribution in [0, 0.1) is 11.7 Å². The van der Waals surface area contributed by atoms with Gasteiger partial charge < -0.3 is 17.1 Å². The molecule has 0 unspecified atom stereocenters. The van der Waals surface area contributed by atoms with E-state index in [9.17, 15) is 4.39 Å². The number of halogens is 2. The van der Waals surface area contributed by atoms with Gasteiger partial charge in [0.15, 0.2) is 12.3 Å². The molecule has 0 aliphatic carbocycles. The first-order valence-corrected chi connectivity index (χ1v) is 8.60. The lowest BCUT2D eigenvalue weighted by Gasteiger charge is -2.20. The van der Waals surface area contributed by atoms with Crippen molar-refractivity contribution in [3.63, 3.8) is 0 Å². The van der Waals surface area contributed by atoms with E-state index in [0.29, 0.717) is 12.5 Å². The Labute approximate surface area is 155 Å². The van der Waals surface area contributed by atoms with Crippen molar-refractivity contribution in [1.29, 1.82) is 0 Å². The lowest BCUT2D eigenvalue weighted by atomic mass is 9.91. The SMILES string of the molecule is COc1ccc2c(c1)CC[N+](Cc1ccccc1F)=C2CC(C)C.[Cl-]. The summed E-state index contributed by atoms with van der Waals surface area (Å²) in [5, 5.41) is 0. The summed E-state index contributed by atoms with van der Waals surface area (Å²) >= 11 is 0. The Balaban J connectivity index is 0.00000225. The van der Waals surface area contributed by atoms with Gasteiger partial charge in [-0.05, 0) is 41.8 Å². The normalized spacial score (nSPS) is 13.5. The van der Waals surface area contributed by atoms with Crippen molar-refractivity contribution in [2.75, 3.05) is 13.7 Å². The minimum atomic E-state index is -0.123. The van der Waals surface area contributed by atoms with Crippen LogP contribution in [0.1, 0.15) is 37.0 Å². The summed E-state index contributed by atoms with van der Waals surface area (Å²) in [5.41, 5.74) is 4.69. The Bertz CT molecular complexity index is 770. The number of methoxy groups -OCH3 is 1. The van der Waals surface area contributed by atoms with Crippen molar-refractivity contribution < 1.29 is 26.1 Å². The standard InChI is InChI=1S/C21H25FNO.ClH/c1-15(2)12-21-19-9-8-18(24-3)13-16(19)10-11-23(21)14-17-6-4-5-7-20(17)22;/h4-9,13,15H,10-12,14H2,1-3H3;1H/q+1;/p-1. The average molecular weight is 362 g/mol. The van der Waals surface area contributed by atoms with Crippen LogP contribution in [0.15, 0.2) is 42.5 Å². The molecule has 2 nitrogen and oxygen atoms in total. The van der Waals surface area contributed by atoms with E-state index >= 15 is 0 Å². The summed E-state index contributed by atoms with van der Waals surface area (Å²) in [6, 6.07) is 13.4. The van der Waals surface area contributed by atoms with E-state index in [4.69, 9.17) is 4.74 Å². The van der Waals surface area contributed by atoms with Gasteiger partial charge in [-0.3, -0.25) is 0 Å². The molecule has 0 fully saturated rings. The van der Waals surface area contributed by atoms with Crippen molar-refractivity contribution >= 4 is 5.71 Å². The number of nitrogens with zero attached hydrogens (tertiary/aromatic N) is 1. The van der Waals surface area contributed by atoms with Crippen LogP contribution in [0.4, 0.5) is 4.39 Å². The molecular formula is C21H25ClFNO. The molecule has 0 saturated carbocycles. The molecule has 1 aliphatic heterocycles. The fourth-order valence-electron chi connectivity index (χ4n) is 3.38. The van der Waals surface area contributed by atoms with Crippen LogP contribution >= 0.6 is 0 Å². The van der Waals surface area contributed by atoms with Crippen LogP contribution in [0.5, 0.6) is 5.75 Å². The lowest BCUT2D eigenvalue weighted by molar-refractivity contribution is -0.546. The summed E-state index contributed by atoms with van der Waals surface area (Å²) in [6.45, 7) is 5.99. The summed E-state index contributed by atoms with van der Waals surface area (Å²) in [6.07, 6.45) is 1.95. The number of rotatable bonds is 5. The highest BCUT2D eigenvalue weighted by Gasteiger charge is 2.27. The maximum Gasteiger partial charge on any atom is 0.184 e. The third-order valence-corrected chi connectivity index (χ3v) is 4.58. The predicted molar refractivity (Wildman–Crippen MR) is 95.5 cm³/mol. The second-order valence-electron chi connectivity index (χ2n) is 6.83. The third kappa shape index (κ3) is 4.40. The molecule has 1 heterocycles. The highest BCUT2D eigenvalue weighted by Crippen LogP contribution is 2.25. The predicted octanol–water partition coefficient (Wildman–Crippen LogP) is 1.44. The van der Waals surface area contributed by atoms with Crippen LogP contribution in [-0.4, -0.2) is 23.9 Å². The Kier molecular flexibility index (Phi) is 6.60. The molecule has 0 bridgehead atoms. The second kappa shape index (κ2) is 8.48. The molecule has 25 heavy (non-hydrogen) atoms. The first-order valence-electron chi connectivity index (χ1n) is 8.60. The van der Waals surface area contributed by atoms with Gasteiger partial charge in [0, 0.05) is 18.4 Å². The minimum absolute atomic E-state index is 0. The molecular weight excluding hydrogens is 337 g/mol. The molecule has 0 radical (unpaired) electrons. The van der Waals surface area contributed by atoms with E-state index in [1.165, 1.54) is 16.8 Å². The quantitative estimate of drug-likeness (QED) is 0.734. The van der Waals surface area contributed by atoms with Gasteiger partial charge in [-0.25, -0.2) is 8.97 Å². The molecule has 134 valence electrons. The molecule has 0 saturated heterocycles. The zero-order valence-electron chi connectivity index (χ0n) is 15.1. The van der Waals surface area contributed by atoms with Gasteiger partial charge in [0.2, 0.25) is 0 Å². The fourth-order valence-corrected chi connectivity index (χ4v) is 3.38. The molecule has 1 aliphatic rings. The summed E-state index contributed by atoms with van der Waals surface area (Å²) in [4.78, 5) is 0. The van der Waals surface area contributed by atoms with Crippen LogP contribution in [0.2, 0.25) is 0 Å². The molecule has 2 aromatic rings. The topological polar surface area (TPSA) is 12.2 Å². The molecule has 0 atom stereocenters. The van der Waals surface area contributed by atoms with Crippen molar-refractivity contribution in [2.45, 2.75) is 33.2 Å². The van der Waals surface area contributed by atoms with Crippen molar-refractivity contribution in [2.24, 2.45) is 5.92 Å². The van der Waals surface area contributed by atoms with Crippen LogP contribution < -0.4 is 17.1 Å². The van der Waals surface area contributed by atoms with E-state index in [1.807, 2.05) is 18.2 Å². The number of fused-ring (bicyclic) bond motifs is 1. The fraction of sp³-hybridized carbons (Fsp3) is 0.381. The summed E-state index contributed by atoms with van der Waals surface area (Å²) < 4.78 is 21.8. The maximum absolute atomic E-state index is 14.1. The second-order valence-corrected chi connectivity index (χ2v) is 6.83. The van der Waals surface area contributed by atoms with Crippen molar-refractivity contribution in [3.05, 3.63) is 65.0 Å². The molecule has 0 spiro atoms. The van der Waals surface area contributed by atoms with E-state index in [-0.39, 0.29) is 18.2 Å². The molecule has 4 heteroatoms. The van der Waals surface area contributed by atoms with Gasteiger partial charge in [-0.2, -0.15) is 0 Å². The Hall–Kier alpha value is -1.87. The largest absolute Gasteiger partial charge is 1.00 e. The van der Waals surface area contributed by atoms with Crippen molar-refractivity contribution in [3.8, 4) is 5.75 Å². The van der Waals surface area contributed by atoms with E-state index in [0.717, 1.165) is 30.7 Å². The number of ether oxygens (including phenoxy) is 1. The Morgan fingerprint density at radius 2 is 1.92 bits per heavy atom. The molecule has 0 N–H and O–H groups in total. The smallest absolute Gasteiger partial charge is 0.184 e. The first kappa shape index (κ1) is 19.5. The molecule has 2 aromatic carbocycles. The minimum Gasteiger partial charge on any atom is -1.00 e. The molecule has 0 aromatic heterocycles. The zero-order valence-corrected chi connectivity index (χ0v) is 15.8. The van der Waals surface area contributed by atoms with Gasteiger partial charge >= 0.3 is 0 Å². The first-order chi connectivity index (χ1) is 11.6. The number of hydrogen-bond donors (Lipinski definition) is 0. The number of hydrogen-bond acceptors (Lipinski definition) is 1. The van der Waals surface area contributed by atoms with E-state index in [2.05, 4.69) is 30.6 Å². The van der Waals surface area contributed by atoms with Crippen LogP contribution in [-0.2, 0) is 13.0 Å². The highest BCUT2D eigenvalue weighted by atomic mass is 35.5. The average Bonchev–Trinajstić information content (AvgIpc) is 2.58. The Morgan fingerprint density at radius 1 is 1.16 bits per heavy atom. The van der Waals surface area contributed by atoms with E-state index < -0.39 is 0 Å². The highest BCUT2D eigenvalue weighted by molar-refractivity contribution is 5.99. The van der Waals surface area contributed by atoms with Gasteiger partial charge in [-0.1, -0.05) is 26.0 Å². The number of benzene rings is 2.